The smallest absolute Gasteiger partial charge is 0.417 e. The summed E-state index contributed by atoms with van der Waals surface area (Å²) in [5.74, 6) is 0.420. The van der Waals surface area contributed by atoms with Gasteiger partial charge in [-0.15, -0.1) is 0 Å². The van der Waals surface area contributed by atoms with E-state index in [9.17, 15) is 13.2 Å². The summed E-state index contributed by atoms with van der Waals surface area (Å²) in [5.41, 5.74) is -0.133. The Labute approximate surface area is 112 Å². The molecule has 0 saturated heterocycles. The Hall–Kier alpha value is -1.75. The van der Waals surface area contributed by atoms with Crippen LogP contribution in [0.5, 0.6) is 11.5 Å². The summed E-state index contributed by atoms with van der Waals surface area (Å²) in [5, 5.41) is -0.359. The van der Waals surface area contributed by atoms with Crippen LogP contribution in [0.4, 0.5) is 13.2 Å². The van der Waals surface area contributed by atoms with Crippen molar-refractivity contribution < 1.29 is 17.9 Å². The van der Waals surface area contributed by atoms with Crippen molar-refractivity contribution >= 4 is 11.6 Å². The van der Waals surface area contributed by atoms with Crippen molar-refractivity contribution in [3.63, 3.8) is 0 Å². The van der Waals surface area contributed by atoms with Gasteiger partial charge >= 0.3 is 6.18 Å². The van der Waals surface area contributed by atoms with Gasteiger partial charge in [0, 0.05) is 5.69 Å². The van der Waals surface area contributed by atoms with Crippen LogP contribution in [-0.2, 0) is 6.18 Å². The molecule has 2 nitrogen and oxygen atoms in total. The fourth-order valence-corrected chi connectivity index (χ4v) is 1.66. The monoisotopic (exact) mass is 287 g/mol. The first-order chi connectivity index (χ1) is 8.86. The Morgan fingerprint density at radius 1 is 1.11 bits per heavy atom. The highest BCUT2D eigenvalue weighted by molar-refractivity contribution is 6.31. The maximum atomic E-state index is 12.7. The Kier molecular flexibility index (Phi) is 3.66. The second kappa shape index (κ2) is 5.09. The zero-order chi connectivity index (χ0) is 14.0. The SMILES string of the molecule is Cc1ccc(Oc2ccc(Cl)c(C(F)(F)F)c2)cn1. The van der Waals surface area contributed by atoms with Gasteiger partial charge in [-0.2, -0.15) is 13.2 Å². The molecule has 2 rings (SSSR count). The molecule has 0 fully saturated rings. The molecule has 0 radical (unpaired) electrons. The largest absolute Gasteiger partial charge is 0.456 e. The minimum Gasteiger partial charge on any atom is -0.456 e. The van der Waals surface area contributed by atoms with E-state index in [2.05, 4.69) is 4.98 Å². The molecule has 0 unspecified atom stereocenters. The van der Waals surface area contributed by atoms with Crippen LogP contribution in [-0.4, -0.2) is 4.98 Å². The molecule has 0 atom stereocenters. The molecular formula is C13H9ClF3NO. The van der Waals surface area contributed by atoms with Crippen LogP contribution in [0.3, 0.4) is 0 Å². The molecule has 6 heteroatoms. The van der Waals surface area contributed by atoms with Crippen LogP contribution >= 0.6 is 11.6 Å². The Bertz CT molecular complexity index is 581. The van der Waals surface area contributed by atoms with Crippen LogP contribution < -0.4 is 4.74 Å². The summed E-state index contributed by atoms with van der Waals surface area (Å²) in [6, 6.07) is 6.72. The van der Waals surface area contributed by atoms with E-state index in [1.165, 1.54) is 12.3 Å². The van der Waals surface area contributed by atoms with Crippen molar-refractivity contribution in [1.82, 2.24) is 4.98 Å². The van der Waals surface area contributed by atoms with Crippen molar-refractivity contribution in [3.8, 4) is 11.5 Å². The van der Waals surface area contributed by atoms with Gasteiger partial charge in [-0.3, -0.25) is 4.98 Å². The topological polar surface area (TPSA) is 22.1 Å². The third-order valence-corrected chi connectivity index (χ3v) is 2.69. The first kappa shape index (κ1) is 13.7. The van der Waals surface area contributed by atoms with Gasteiger partial charge in [0.2, 0.25) is 0 Å². The lowest BCUT2D eigenvalue weighted by Gasteiger charge is -2.11. The summed E-state index contributed by atoms with van der Waals surface area (Å²) in [7, 11) is 0. The Morgan fingerprint density at radius 2 is 1.79 bits per heavy atom. The first-order valence-corrected chi connectivity index (χ1v) is 5.71. The number of pyridine rings is 1. The maximum absolute atomic E-state index is 12.7. The number of halogens is 4. The average molecular weight is 288 g/mol. The molecule has 0 saturated carbocycles. The molecule has 0 N–H and O–H groups in total. The van der Waals surface area contributed by atoms with Crippen molar-refractivity contribution in [3.05, 3.63) is 52.8 Å². The second-order valence-corrected chi connectivity index (χ2v) is 4.28. The molecule has 0 bridgehead atoms. The van der Waals surface area contributed by atoms with E-state index in [1.54, 1.807) is 19.1 Å². The van der Waals surface area contributed by atoms with Gasteiger partial charge in [0.05, 0.1) is 16.8 Å². The summed E-state index contributed by atoms with van der Waals surface area (Å²) in [6.45, 7) is 1.80. The highest BCUT2D eigenvalue weighted by Crippen LogP contribution is 2.37. The van der Waals surface area contributed by atoms with E-state index < -0.39 is 11.7 Å². The summed E-state index contributed by atoms with van der Waals surface area (Å²) < 4.78 is 43.3. The van der Waals surface area contributed by atoms with Crippen LogP contribution in [0.25, 0.3) is 0 Å². The van der Waals surface area contributed by atoms with Crippen molar-refractivity contribution in [2.45, 2.75) is 13.1 Å². The Morgan fingerprint density at radius 3 is 2.37 bits per heavy atom. The maximum Gasteiger partial charge on any atom is 0.417 e. The van der Waals surface area contributed by atoms with Crippen LogP contribution in [0.1, 0.15) is 11.3 Å². The molecule has 0 amide bonds. The minimum absolute atomic E-state index is 0.0578. The third kappa shape index (κ3) is 3.38. The van der Waals surface area contributed by atoms with Gasteiger partial charge in [0.15, 0.2) is 0 Å². The van der Waals surface area contributed by atoms with Crippen LogP contribution in [0.2, 0.25) is 5.02 Å². The molecule has 19 heavy (non-hydrogen) atoms. The van der Waals surface area contributed by atoms with Crippen molar-refractivity contribution in [2.75, 3.05) is 0 Å². The second-order valence-electron chi connectivity index (χ2n) is 3.88. The molecule has 0 spiro atoms. The number of hydrogen-bond donors (Lipinski definition) is 0. The van der Waals surface area contributed by atoms with Gasteiger partial charge in [-0.1, -0.05) is 11.6 Å². The number of aromatic nitrogens is 1. The molecular weight excluding hydrogens is 279 g/mol. The predicted octanol–water partition coefficient (Wildman–Crippen LogP) is 4.85. The number of ether oxygens (including phenoxy) is 1. The molecule has 100 valence electrons. The van der Waals surface area contributed by atoms with E-state index in [0.717, 1.165) is 17.8 Å². The fraction of sp³-hybridized carbons (Fsp3) is 0.154. The number of aryl methyl sites for hydroxylation is 1. The quantitative estimate of drug-likeness (QED) is 0.787. The minimum atomic E-state index is -4.51. The molecule has 2 aromatic rings. The molecule has 0 aliphatic heterocycles. The number of rotatable bonds is 2. The number of hydrogen-bond acceptors (Lipinski definition) is 2. The highest BCUT2D eigenvalue weighted by atomic mass is 35.5. The van der Waals surface area contributed by atoms with Crippen molar-refractivity contribution in [2.24, 2.45) is 0 Å². The summed E-state index contributed by atoms with van der Waals surface area (Å²) in [4.78, 5) is 3.99. The lowest BCUT2D eigenvalue weighted by atomic mass is 10.2. The van der Waals surface area contributed by atoms with Gasteiger partial charge in [-0.05, 0) is 37.3 Å². The number of nitrogens with zero attached hydrogens (tertiary/aromatic N) is 1. The van der Waals surface area contributed by atoms with Gasteiger partial charge in [0.1, 0.15) is 11.5 Å². The molecule has 1 heterocycles. The van der Waals surface area contributed by atoms with E-state index in [1.807, 2.05) is 0 Å². The van der Waals surface area contributed by atoms with Gasteiger partial charge in [-0.25, -0.2) is 0 Å². The lowest BCUT2D eigenvalue weighted by molar-refractivity contribution is -0.137. The molecule has 1 aromatic heterocycles. The molecule has 1 aromatic carbocycles. The van der Waals surface area contributed by atoms with E-state index in [4.69, 9.17) is 16.3 Å². The lowest BCUT2D eigenvalue weighted by Crippen LogP contribution is -2.05. The number of alkyl halides is 3. The fourth-order valence-electron chi connectivity index (χ4n) is 1.44. The van der Waals surface area contributed by atoms with Gasteiger partial charge in [0.25, 0.3) is 0 Å². The van der Waals surface area contributed by atoms with Crippen LogP contribution in [0, 0.1) is 6.92 Å². The van der Waals surface area contributed by atoms with Gasteiger partial charge < -0.3 is 4.74 Å². The average Bonchev–Trinajstić information content (AvgIpc) is 2.33. The first-order valence-electron chi connectivity index (χ1n) is 5.33. The Balaban J connectivity index is 2.29. The zero-order valence-electron chi connectivity index (χ0n) is 9.83. The predicted molar refractivity (Wildman–Crippen MR) is 65.5 cm³/mol. The third-order valence-electron chi connectivity index (χ3n) is 2.36. The molecule has 0 aliphatic carbocycles. The van der Waals surface area contributed by atoms with E-state index in [0.29, 0.717) is 5.75 Å². The standard InChI is InChI=1S/C13H9ClF3NO/c1-8-2-3-10(7-18-8)19-9-4-5-12(14)11(6-9)13(15,16)17/h2-7H,1H3. The zero-order valence-corrected chi connectivity index (χ0v) is 10.6. The number of benzene rings is 1. The van der Waals surface area contributed by atoms with Crippen LogP contribution in [0.15, 0.2) is 36.5 Å². The van der Waals surface area contributed by atoms with Crippen molar-refractivity contribution in [1.29, 1.82) is 0 Å². The highest BCUT2D eigenvalue weighted by Gasteiger charge is 2.33. The summed E-state index contributed by atoms with van der Waals surface area (Å²) in [6.07, 6.45) is -3.07. The van der Waals surface area contributed by atoms with E-state index in [-0.39, 0.29) is 10.8 Å². The normalized spacial score (nSPS) is 11.4. The van der Waals surface area contributed by atoms with E-state index >= 15 is 0 Å². The summed E-state index contributed by atoms with van der Waals surface area (Å²) >= 11 is 5.52. The molecule has 0 aliphatic rings.